The van der Waals surface area contributed by atoms with E-state index in [1.54, 1.807) is 0 Å². The summed E-state index contributed by atoms with van der Waals surface area (Å²) in [5.74, 6) is -0.878. The third-order valence-corrected chi connectivity index (χ3v) is 4.82. The van der Waals surface area contributed by atoms with E-state index in [-0.39, 0.29) is 47.4 Å². The first-order chi connectivity index (χ1) is 10.7. The molecule has 138 valence electrons. The van der Waals surface area contributed by atoms with E-state index in [2.05, 4.69) is 10.2 Å². The summed E-state index contributed by atoms with van der Waals surface area (Å²) in [7, 11) is 0. The van der Waals surface area contributed by atoms with E-state index in [0.29, 0.717) is 13.2 Å². The lowest BCUT2D eigenvalue weighted by atomic mass is 9.85. The molecule has 3 rings (SSSR count). The van der Waals surface area contributed by atoms with E-state index in [1.165, 1.54) is 12.1 Å². The lowest BCUT2D eigenvalue weighted by molar-refractivity contribution is 0.0192. The highest BCUT2D eigenvalue weighted by molar-refractivity contribution is 6.30. The molecule has 0 aliphatic carbocycles. The van der Waals surface area contributed by atoms with Gasteiger partial charge in [0.25, 0.3) is 0 Å². The van der Waals surface area contributed by atoms with Gasteiger partial charge in [0, 0.05) is 56.0 Å². The molecule has 24 heavy (non-hydrogen) atoms. The zero-order chi connectivity index (χ0) is 15.5. The van der Waals surface area contributed by atoms with Crippen LogP contribution in [0, 0.1) is 17.6 Å². The Bertz CT molecular complexity index is 483. The van der Waals surface area contributed by atoms with Crippen molar-refractivity contribution in [2.75, 3.05) is 39.4 Å². The molecule has 1 aromatic rings. The van der Waals surface area contributed by atoms with Gasteiger partial charge in [-0.25, -0.2) is 8.78 Å². The molecule has 0 radical (unpaired) electrons. The van der Waals surface area contributed by atoms with Crippen LogP contribution in [0.3, 0.4) is 0 Å². The lowest BCUT2D eigenvalue weighted by Gasteiger charge is -2.41. The molecule has 1 aromatic carbocycles. The number of piperazine rings is 1. The first kappa shape index (κ1) is 21.9. The normalized spacial score (nSPS) is 20.8. The maximum atomic E-state index is 14.5. The maximum Gasteiger partial charge on any atom is 0.132 e. The minimum atomic E-state index is -0.542. The average molecular weight is 404 g/mol. The fraction of sp³-hybridized carbons (Fsp3) is 0.625. The molecule has 2 heterocycles. The number of hydrogen-bond acceptors (Lipinski definition) is 3. The topological polar surface area (TPSA) is 24.5 Å². The summed E-state index contributed by atoms with van der Waals surface area (Å²) < 4.78 is 34.4. The molecule has 0 aromatic heterocycles. The van der Waals surface area contributed by atoms with Crippen LogP contribution in [-0.2, 0) is 4.74 Å². The van der Waals surface area contributed by atoms with Crippen LogP contribution in [0.25, 0.3) is 0 Å². The van der Waals surface area contributed by atoms with E-state index < -0.39 is 11.6 Å². The van der Waals surface area contributed by atoms with E-state index in [4.69, 9.17) is 16.3 Å². The van der Waals surface area contributed by atoms with E-state index in [1.807, 2.05) is 0 Å². The highest BCUT2D eigenvalue weighted by Gasteiger charge is 2.35. The van der Waals surface area contributed by atoms with Crippen LogP contribution in [0.15, 0.2) is 12.1 Å². The van der Waals surface area contributed by atoms with Crippen LogP contribution < -0.4 is 5.32 Å². The number of halogens is 5. The molecule has 1 atom stereocenters. The minimum Gasteiger partial charge on any atom is -0.381 e. The Balaban J connectivity index is 0.00000144. The molecular weight excluding hydrogens is 381 g/mol. The predicted octanol–water partition coefficient (Wildman–Crippen LogP) is 3.83. The number of rotatable bonds is 3. The van der Waals surface area contributed by atoms with Crippen LogP contribution in [-0.4, -0.2) is 44.3 Å². The summed E-state index contributed by atoms with van der Waals surface area (Å²) in [6.07, 6.45) is 1.66. The Kier molecular flexibility index (Phi) is 9.20. The molecule has 0 unspecified atom stereocenters. The quantitative estimate of drug-likeness (QED) is 0.830. The molecule has 2 fully saturated rings. The molecule has 1 N–H and O–H groups in total. The fourth-order valence-corrected chi connectivity index (χ4v) is 3.74. The number of ether oxygens (including phenoxy) is 1. The highest BCUT2D eigenvalue weighted by atomic mass is 35.5. The van der Waals surface area contributed by atoms with Gasteiger partial charge in [0.1, 0.15) is 11.6 Å². The second kappa shape index (κ2) is 10.1. The average Bonchev–Trinajstić information content (AvgIpc) is 2.52. The molecular formula is C16H23Cl3F2N2O. The van der Waals surface area contributed by atoms with Crippen molar-refractivity contribution in [3.63, 3.8) is 0 Å². The summed E-state index contributed by atoms with van der Waals surface area (Å²) in [4.78, 5) is 2.20. The van der Waals surface area contributed by atoms with Gasteiger partial charge in [0.15, 0.2) is 0 Å². The van der Waals surface area contributed by atoms with Gasteiger partial charge in [-0.1, -0.05) is 11.6 Å². The van der Waals surface area contributed by atoms with Crippen molar-refractivity contribution in [3.05, 3.63) is 34.4 Å². The fourth-order valence-electron chi connectivity index (χ4n) is 3.54. The smallest absolute Gasteiger partial charge is 0.132 e. The van der Waals surface area contributed by atoms with Crippen molar-refractivity contribution in [1.29, 1.82) is 0 Å². The molecule has 0 saturated carbocycles. The van der Waals surface area contributed by atoms with Crippen molar-refractivity contribution < 1.29 is 13.5 Å². The van der Waals surface area contributed by atoms with E-state index in [0.717, 1.165) is 39.0 Å². The third kappa shape index (κ3) is 4.93. The van der Waals surface area contributed by atoms with Crippen LogP contribution in [0.2, 0.25) is 5.02 Å². The van der Waals surface area contributed by atoms with Gasteiger partial charge in [-0.15, -0.1) is 24.8 Å². The van der Waals surface area contributed by atoms with Crippen LogP contribution >= 0.6 is 36.4 Å². The Hall–Kier alpha value is -0.170. The summed E-state index contributed by atoms with van der Waals surface area (Å²) in [5, 5.41) is 3.39. The van der Waals surface area contributed by atoms with Crippen molar-refractivity contribution in [2.24, 2.45) is 5.92 Å². The first-order valence-electron chi connectivity index (χ1n) is 7.84. The first-order valence-corrected chi connectivity index (χ1v) is 8.21. The molecule has 3 nitrogen and oxygen atoms in total. The monoisotopic (exact) mass is 402 g/mol. The second-order valence-electron chi connectivity index (χ2n) is 5.96. The standard InChI is InChI=1S/C16H21ClF2N2O.2ClH/c17-12-9-13(18)15(14(19)10-12)16(11-1-7-22-8-2-11)21-5-3-20-4-6-21;;/h9-11,16,20H,1-8H2;2*1H/t16-;;/m0../s1. The number of nitrogens with zero attached hydrogens (tertiary/aromatic N) is 1. The maximum absolute atomic E-state index is 14.5. The number of nitrogens with one attached hydrogen (secondary N) is 1. The van der Waals surface area contributed by atoms with Crippen LogP contribution in [0.5, 0.6) is 0 Å². The van der Waals surface area contributed by atoms with Crippen molar-refractivity contribution in [1.82, 2.24) is 10.2 Å². The van der Waals surface area contributed by atoms with E-state index >= 15 is 0 Å². The van der Waals surface area contributed by atoms with Gasteiger partial charge in [-0.05, 0) is 30.9 Å². The van der Waals surface area contributed by atoms with Gasteiger partial charge < -0.3 is 10.1 Å². The Morgan fingerprint density at radius 1 is 1.08 bits per heavy atom. The van der Waals surface area contributed by atoms with E-state index in [9.17, 15) is 8.78 Å². The van der Waals surface area contributed by atoms with Crippen LogP contribution in [0.1, 0.15) is 24.4 Å². The highest BCUT2D eigenvalue weighted by Crippen LogP contribution is 2.38. The number of benzene rings is 1. The molecule has 8 heteroatoms. The van der Waals surface area contributed by atoms with Crippen molar-refractivity contribution in [3.8, 4) is 0 Å². The Morgan fingerprint density at radius 3 is 2.17 bits per heavy atom. The zero-order valence-electron chi connectivity index (χ0n) is 13.3. The van der Waals surface area contributed by atoms with Gasteiger partial charge in [0.2, 0.25) is 0 Å². The second-order valence-corrected chi connectivity index (χ2v) is 6.40. The van der Waals surface area contributed by atoms with Crippen molar-refractivity contribution >= 4 is 36.4 Å². The molecule has 2 aliphatic rings. The molecule has 0 amide bonds. The summed E-state index contributed by atoms with van der Waals surface area (Å²) in [5.41, 5.74) is 0.165. The Labute approximate surface area is 158 Å². The summed E-state index contributed by atoms with van der Waals surface area (Å²) >= 11 is 5.77. The molecule has 2 aliphatic heterocycles. The van der Waals surface area contributed by atoms with Gasteiger partial charge in [-0.3, -0.25) is 4.90 Å². The van der Waals surface area contributed by atoms with Crippen LogP contribution in [0.4, 0.5) is 8.78 Å². The summed E-state index contributed by atoms with van der Waals surface area (Å²) in [6, 6.07) is 2.19. The van der Waals surface area contributed by atoms with Gasteiger partial charge >= 0.3 is 0 Å². The minimum absolute atomic E-state index is 0. The predicted molar refractivity (Wildman–Crippen MR) is 96.6 cm³/mol. The Morgan fingerprint density at radius 2 is 1.62 bits per heavy atom. The summed E-state index contributed by atoms with van der Waals surface area (Å²) in [6.45, 7) is 4.59. The van der Waals surface area contributed by atoms with Gasteiger partial charge in [0.05, 0.1) is 0 Å². The van der Waals surface area contributed by atoms with Crippen molar-refractivity contribution in [2.45, 2.75) is 18.9 Å². The largest absolute Gasteiger partial charge is 0.381 e. The lowest BCUT2D eigenvalue weighted by Crippen LogP contribution is -2.48. The number of hydrogen-bond donors (Lipinski definition) is 1. The molecule has 2 saturated heterocycles. The van der Waals surface area contributed by atoms with Gasteiger partial charge in [-0.2, -0.15) is 0 Å². The SMILES string of the molecule is Cl.Cl.Fc1cc(Cl)cc(F)c1[C@H](C1CCOCC1)N1CCNCC1. The zero-order valence-corrected chi connectivity index (χ0v) is 15.7. The molecule has 0 bridgehead atoms. The molecule has 0 spiro atoms. The third-order valence-electron chi connectivity index (χ3n) is 4.60.